The largest absolute Gasteiger partial charge is 0.0622 e. The molecule has 0 saturated carbocycles. The minimum Gasteiger partial charge on any atom is -0.0622 e. The van der Waals surface area contributed by atoms with Crippen LogP contribution in [0, 0.1) is 0 Å². The van der Waals surface area contributed by atoms with E-state index in [0.29, 0.717) is 0 Å². The maximum atomic E-state index is 2.38. The highest BCUT2D eigenvalue weighted by atomic mass is 14.2. The van der Waals surface area contributed by atoms with Gasteiger partial charge in [0.25, 0.3) is 0 Å². The average Bonchev–Trinajstić information content (AvgIpc) is 3.14. The first-order chi connectivity index (χ1) is 22.8. The van der Waals surface area contributed by atoms with Crippen molar-refractivity contribution in [1.29, 1.82) is 0 Å². The maximum Gasteiger partial charge on any atom is -0.00141 e. The molecule has 0 radical (unpaired) electrons. The van der Waals surface area contributed by atoms with E-state index in [1.807, 2.05) is 0 Å². The minimum atomic E-state index is 1.22. The van der Waals surface area contributed by atoms with Gasteiger partial charge in [-0.2, -0.15) is 0 Å². The summed E-state index contributed by atoms with van der Waals surface area (Å²) in [5.41, 5.74) is 9.93. The van der Waals surface area contributed by atoms with Gasteiger partial charge in [0.15, 0.2) is 0 Å². The predicted octanol–water partition coefficient (Wildman–Crippen LogP) is 13.0. The maximum absolute atomic E-state index is 2.38. The van der Waals surface area contributed by atoms with E-state index in [9.17, 15) is 0 Å². The highest BCUT2D eigenvalue weighted by Gasteiger charge is 2.19. The van der Waals surface area contributed by atoms with Gasteiger partial charge in [-0.25, -0.2) is 0 Å². The third-order valence-electron chi connectivity index (χ3n) is 9.41. The molecular weight excluding hydrogens is 553 g/mol. The van der Waals surface area contributed by atoms with Crippen LogP contribution >= 0.6 is 0 Å². The molecule has 0 heteroatoms. The van der Waals surface area contributed by atoms with Crippen LogP contribution in [0.15, 0.2) is 182 Å². The molecule has 0 saturated heterocycles. The summed E-state index contributed by atoms with van der Waals surface area (Å²) in [6, 6.07) is 66.6. The van der Waals surface area contributed by atoms with Crippen molar-refractivity contribution in [3.8, 4) is 44.5 Å². The van der Waals surface area contributed by atoms with Crippen LogP contribution < -0.4 is 0 Å². The zero-order valence-corrected chi connectivity index (χ0v) is 25.3. The van der Waals surface area contributed by atoms with Gasteiger partial charge in [-0.1, -0.05) is 164 Å². The molecule has 0 amide bonds. The fraction of sp³-hybridized carbons (Fsp3) is 0. The summed E-state index contributed by atoms with van der Waals surface area (Å²) < 4.78 is 0. The molecule has 46 heavy (non-hydrogen) atoms. The van der Waals surface area contributed by atoms with Gasteiger partial charge in [0, 0.05) is 0 Å². The van der Waals surface area contributed by atoms with E-state index in [1.165, 1.54) is 87.6 Å². The molecule has 9 aromatic carbocycles. The van der Waals surface area contributed by atoms with E-state index in [1.54, 1.807) is 0 Å². The number of hydrogen-bond donors (Lipinski definition) is 0. The zero-order chi connectivity index (χ0) is 30.5. The SMILES string of the molecule is c1ccc(-c2cccc(-c3c4ccccc4c(-c4cccc(-c5ccc6ccccc6c5)c4)c4c3ccc3ccccc34)c2)cc1. The summed E-state index contributed by atoms with van der Waals surface area (Å²) in [6.45, 7) is 0. The molecule has 0 aliphatic heterocycles. The zero-order valence-electron chi connectivity index (χ0n) is 25.3. The van der Waals surface area contributed by atoms with E-state index in [4.69, 9.17) is 0 Å². The summed E-state index contributed by atoms with van der Waals surface area (Å²) in [7, 11) is 0. The number of hydrogen-bond acceptors (Lipinski definition) is 0. The molecule has 9 rings (SSSR count). The number of benzene rings is 9. The molecule has 0 fully saturated rings. The second kappa shape index (κ2) is 10.9. The Morgan fingerprint density at radius 3 is 1.48 bits per heavy atom. The third-order valence-corrected chi connectivity index (χ3v) is 9.41. The molecule has 0 aliphatic rings. The number of rotatable bonds is 4. The molecule has 0 unspecified atom stereocenters. The molecule has 0 N–H and O–H groups in total. The Morgan fingerprint density at radius 1 is 0.217 bits per heavy atom. The Kier molecular flexibility index (Phi) is 6.25. The summed E-state index contributed by atoms with van der Waals surface area (Å²) in [6.07, 6.45) is 0. The lowest BCUT2D eigenvalue weighted by atomic mass is 9.83. The fourth-order valence-corrected chi connectivity index (χ4v) is 7.27. The van der Waals surface area contributed by atoms with Crippen LogP contribution in [-0.4, -0.2) is 0 Å². The van der Waals surface area contributed by atoms with Crippen LogP contribution in [0.1, 0.15) is 0 Å². The Bertz CT molecular complexity index is 2570. The van der Waals surface area contributed by atoms with E-state index < -0.39 is 0 Å². The molecule has 214 valence electrons. The van der Waals surface area contributed by atoms with Gasteiger partial charge in [0.2, 0.25) is 0 Å². The van der Waals surface area contributed by atoms with Crippen LogP contribution in [0.4, 0.5) is 0 Å². The molecule has 9 aromatic rings. The van der Waals surface area contributed by atoms with Crippen molar-refractivity contribution in [3.63, 3.8) is 0 Å². The molecule has 0 nitrogen and oxygen atoms in total. The van der Waals surface area contributed by atoms with E-state index in [-0.39, 0.29) is 0 Å². The summed E-state index contributed by atoms with van der Waals surface area (Å²) >= 11 is 0. The molecule has 0 aromatic heterocycles. The summed E-state index contributed by atoms with van der Waals surface area (Å²) in [5.74, 6) is 0. The summed E-state index contributed by atoms with van der Waals surface area (Å²) in [4.78, 5) is 0. The first-order valence-corrected chi connectivity index (χ1v) is 15.9. The van der Waals surface area contributed by atoms with Crippen molar-refractivity contribution < 1.29 is 0 Å². The lowest BCUT2D eigenvalue weighted by Crippen LogP contribution is -1.93. The van der Waals surface area contributed by atoms with Crippen LogP contribution in [0.5, 0.6) is 0 Å². The minimum absolute atomic E-state index is 1.22. The van der Waals surface area contributed by atoms with Crippen LogP contribution in [0.25, 0.3) is 87.6 Å². The van der Waals surface area contributed by atoms with Gasteiger partial charge in [0.05, 0.1) is 0 Å². The van der Waals surface area contributed by atoms with Crippen LogP contribution in [-0.2, 0) is 0 Å². The molecule has 0 spiro atoms. The quantitative estimate of drug-likeness (QED) is 0.143. The van der Waals surface area contributed by atoms with Crippen molar-refractivity contribution in [2.24, 2.45) is 0 Å². The van der Waals surface area contributed by atoms with E-state index >= 15 is 0 Å². The van der Waals surface area contributed by atoms with Crippen LogP contribution in [0.2, 0.25) is 0 Å². The van der Waals surface area contributed by atoms with Gasteiger partial charge >= 0.3 is 0 Å². The first-order valence-electron chi connectivity index (χ1n) is 15.9. The molecule has 0 atom stereocenters. The molecular formula is C46H30. The normalized spacial score (nSPS) is 11.5. The van der Waals surface area contributed by atoms with Gasteiger partial charge in [-0.15, -0.1) is 0 Å². The Morgan fingerprint density at radius 2 is 0.717 bits per heavy atom. The average molecular weight is 583 g/mol. The molecule has 0 bridgehead atoms. The van der Waals surface area contributed by atoms with Crippen molar-refractivity contribution >= 4 is 43.1 Å². The number of fused-ring (bicyclic) bond motifs is 5. The van der Waals surface area contributed by atoms with Gasteiger partial charge < -0.3 is 0 Å². The first kappa shape index (κ1) is 26.4. The van der Waals surface area contributed by atoms with E-state index in [2.05, 4.69) is 182 Å². The third kappa shape index (κ3) is 4.38. The monoisotopic (exact) mass is 582 g/mol. The topological polar surface area (TPSA) is 0 Å². The smallest absolute Gasteiger partial charge is 0.00141 e. The van der Waals surface area contributed by atoms with Crippen molar-refractivity contribution in [3.05, 3.63) is 182 Å². The van der Waals surface area contributed by atoms with Crippen LogP contribution in [0.3, 0.4) is 0 Å². The summed E-state index contributed by atoms with van der Waals surface area (Å²) in [5, 5.41) is 10.1. The lowest BCUT2D eigenvalue weighted by molar-refractivity contribution is 1.61. The second-order valence-electron chi connectivity index (χ2n) is 12.1. The van der Waals surface area contributed by atoms with Crippen molar-refractivity contribution in [1.82, 2.24) is 0 Å². The van der Waals surface area contributed by atoms with Gasteiger partial charge in [0.1, 0.15) is 0 Å². The molecule has 0 heterocycles. The van der Waals surface area contributed by atoms with Crippen molar-refractivity contribution in [2.75, 3.05) is 0 Å². The van der Waals surface area contributed by atoms with E-state index in [0.717, 1.165) is 0 Å². The Labute approximate surface area is 268 Å². The van der Waals surface area contributed by atoms with Gasteiger partial charge in [-0.05, 0) is 106 Å². The highest BCUT2D eigenvalue weighted by Crippen LogP contribution is 2.47. The van der Waals surface area contributed by atoms with Gasteiger partial charge in [-0.3, -0.25) is 0 Å². The Balaban J connectivity index is 1.35. The molecule has 0 aliphatic carbocycles. The Hall–Kier alpha value is -5.98. The highest BCUT2D eigenvalue weighted by molar-refractivity contribution is 6.28. The lowest BCUT2D eigenvalue weighted by Gasteiger charge is -2.20. The predicted molar refractivity (Wildman–Crippen MR) is 198 cm³/mol. The fourth-order valence-electron chi connectivity index (χ4n) is 7.27. The van der Waals surface area contributed by atoms with Crippen molar-refractivity contribution in [2.45, 2.75) is 0 Å². The second-order valence-corrected chi connectivity index (χ2v) is 12.1. The standard InChI is InChI=1S/C46H30/c1-2-12-31(13-3-1)35-17-10-19-38(29-35)44-41-22-8-9-23-42(41)45(46-40-21-7-6-15-33(40)26-27-43(44)46)39-20-11-18-36(30-39)37-25-24-32-14-4-5-16-34(32)28-37/h1-30H.